The van der Waals surface area contributed by atoms with Crippen molar-refractivity contribution in [3.05, 3.63) is 52.9 Å². The monoisotopic (exact) mass is 355 g/mol. The number of benzene rings is 1. The van der Waals surface area contributed by atoms with Gasteiger partial charge in [-0.25, -0.2) is 9.37 Å². The van der Waals surface area contributed by atoms with E-state index in [4.69, 9.17) is 4.74 Å². The van der Waals surface area contributed by atoms with E-state index in [9.17, 15) is 9.18 Å². The maximum atomic E-state index is 13.8. The Balaban J connectivity index is 1.42. The smallest absolute Gasteiger partial charge is 0.271 e. The van der Waals surface area contributed by atoms with E-state index >= 15 is 0 Å². The topological polar surface area (TPSA) is 81.9 Å². The lowest BCUT2D eigenvalue weighted by Gasteiger charge is -2.15. The molecule has 0 radical (unpaired) electrons. The van der Waals surface area contributed by atoms with Gasteiger partial charge in [0, 0.05) is 32.0 Å². The van der Waals surface area contributed by atoms with E-state index < -0.39 is 0 Å². The van der Waals surface area contributed by atoms with Gasteiger partial charge in [0.25, 0.3) is 5.91 Å². The summed E-state index contributed by atoms with van der Waals surface area (Å²) in [6.45, 7) is 1.45. The van der Waals surface area contributed by atoms with Crippen molar-refractivity contribution < 1.29 is 13.9 Å². The number of carbonyl (C=O) groups excluding carboxylic acids is 1. The summed E-state index contributed by atoms with van der Waals surface area (Å²) in [4.78, 5) is 16.6. The molecule has 1 aliphatic rings. The van der Waals surface area contributed by atoms with Gasteiger partial charge in [-0.1, -0.05) is 6.07 Å². The lowest BCUT2D eigenvalue weighted by molar-refractivity contribution is 0.0943. The molecule has 134 valence electrons. The lowest BCUT2D eigenvalue weighted by atomic mass is 10.1. The molecule has 8 heteroatoms. The van der Waals surface area contributed by atoms with Crippen LogP contribution in [0.3, 0.4) is 0 Å². The van der Waals surface area contributed by atoms with Crippen molar-refractivity contribution in [2.45, 2.75) is 19.4 Å². The molecule has 7 nitrogen and oxygen atoms in total. The Morgan fingerprint density at radius 2 is 2.27 bits per heavy atom. The molecule has 0 saturated carbocycles. The Hall–Kier alpha value is -2.87. The van der Waals surface area contributed by atoms with Crippen LogP contribution in [0.5, 0.6) is 0 Å². The number of imidazole rings is 1. The Kier molecular flexibility index (Phi) is 4.34. The Labute approximate surface area is 149 Å². The second-order valence-electron chi connectivity index (χ2n) is 6.20. The SMILES string of the molecule is Cn1c(CCNC(=O)c2cc3c(nn2)CCOC3)nc2c(F)cccc21. The number of para-hydroxylation sites is 1. The molecular formula is C18H18FN5O2. The van der Waals surface area contributed by atoms with Gasteiger partial charge in [0.05, 0.1) is 24.4 Å². The van der Waals surface area contributed by atoms with Gasteiger partial charge in [0.1, 0.15) is 11.3 Å². The molecule has 1 amide bonds. The van der Waals surface area contributed by atoms with E-state index in [1.54, 1.807) is 12.1 Å². The third-order valence-corrected chi connectivity index (χ3v) is 4.52. The molecule has 0 aliphatic carbocycles. The molecule has 1 aliphatic heterocycles. The van der Waals surface area contributed by atoms with Crippen molar-refractivity contribution in [3.8, 4) is 0 Å². The second kappa shape index (κ2) is 6.80. The first-order chi connectivity index (χ1) is 12.6. The fourth-order valence-electron chi connectivity index (χ4n) is 3.08. The van der Waals surface area contributed by atoms with Crippen LogP contribution in [0.1, 0.15) is 27.6 Å². The minimum atomic E-state index is -0.347. The van der Waals surface area contributed by atoms with Crippen LogP contribution in [-0.2, 0) is 31.2 Å². The summed E-state index contributed by atoms with van der Waals surface area (Å²) in [7, 11) is 1.83. The van der Waals surface area contributed by atoms with Crippen molar-refractivity contribution in [2.75, 3.05) is 13.2 Å². The average molecular weight is 355 g/mol. The molecule has 0 bridgehead atoms. The molecule has 0 unspecified atom stereocenters. The van der Waals surface area contributed by atoms with E-state index in [1.165, 1.54) is 6.07 Å². The largest absolute Gasteiger partial charge is 0.376 e. The normalized spacial score (nSPS) is 13.6. The van der Waals surface area contributed by atoms with Gasteiger partial charge in [-0.15, -0.1) is 5.10 Å². The van der Waals surface area contributed by atoms with Crippen LogP contribution in [-0.4, -0.2) is 38.8 Å². The van der Waals surface area contributed by atoms with E-state index in [-0.39, 0.29) is 17.4 Å². The molecule has 4 rings (SSSR count). The number of halogens is 1. The summed E-state index contributed by atoms with van der Waals surface area (Å²) >= 11 is 0. The van der Waals surface area contributed by atoms with Crippen molar-refractivity contribution in [1.29, 1.82) is 0 Å². The summed E-state index contributed by atoms with van der Waals surface area (Å²) < 4.78 is 21.0. The average Bonchev–Trinajstić information content (AvgIpc) is 2.99. The standard InChI is InChI=1S/C18H18FN5O2/c1-24-15-4-2-3-12(19)17(15)21-16(24)5-7-20-18(25)14-9-11-10-26-8-6-13(11)22-23-14/h2-4,9H,5-8,10H2,1H3,(H,20,25). The molecule has 3 aromatic rings. The zero-order valence-corrected chi connectivity index (χ0v) is 14.3. The highest BCUT2D eigenvalue weighted by Gasteiger charge is 2.16. The fraction of sp³-hybridized carbons (Fsp3) is 0.333. The summed E-state index contributed by atoms with van der Waals surface area (Å²) in [6.07, 6.45) is 1.20. The Morgan fingerprint density at radius 3 is 3.12 bits per heavy atom. The Bertz CT molecular complexity index is 985. The van der Waals surface area contributed by atoms with Gasteiger partial charge in [0.2, 0.25) is 0 Å². The van der Waals surface area contributed by atoms with Crippen molar-refractivity contribution in [2.24, 2.45) is 7.05 Å². The number of fused-ring (bicyclic) bond motifs is 2. The number of rotatable bonds is 4. The molecular weight excluding hydrogens is 337 g/mol. The molecule has 26 heavy (non-hydrogen) atoms. The van der Waals surface area contributed by atoms with Crippen LogP contribution in [0, 0.1) is 5.82 Å². The number of hydrogen-bond donors (Lipinski definition) is 1. The number of aryl methyl sites for hydroxylation is 1. The maximum Gasteiger partial charge on any atom is 0.271 e. The third-order valence-electron chi connectivity index (χ3n) is 4.52. The minimum Gasteiger partial charge on any atom is -0.376 e. The highest BCUT2D eigenvalue weighted by Crippen LogP contribution is 2.18. The first kappa shape index (κ1) is 16.6. The number of aromatic nitrogens is 4. The van der Waals surface area contributed by atoms with Gasteiger partial charge in [-0.05, 0) is 18.2 Å². The van der Waals surface area contributed by atoms with Crippen molar-refractivity contribution in [3.63, 3.8) is 0 Å². The van der Waals surface area contributed by atoms with E-state index in [0.717, 1.165) is 16.8 Å². The van der Waals surface area contributed by atoms with Gasteiger partial charge in [0.15, 0.2) is 11.5 Å². The first-order valence-electron chi connectivity index (χ1n) is 8.44. The van der Waals surface area contributed by atoms with Crippen LogP contribution >= 0.6 is 0 Å². The molecule has 3 heterocycles. The van der Waals surface area contributed by atoms with E-state index in [1.807, 2.05) is 17.7 Å². The van der Waals surface area contributed by atoms with E-state index in [2.05, 4.69) is 20.5 Å². The first-order valence-corrected chi connectivity index (χ1v) is 8.44. The maximum absolute atomic E-state index is 13.8. The van der Waals surface area contributed by atoms with Crippen LogP contribution in [0.15, 0.2) is 24.3 Å². The summed E-state index contributed by atoms with van der Waals surface area (Å²) in [5.41, 5.74) is 3.13. The molecule has 1 aromatic carbocycles. The number of hydrogen-bond acceptors (Lipinski definition) is 5. The van der Waals surface area contributed by atoms with E-state index in [0.29, 0.717) is 43.9 Å². The molecule has 0 spiro atoms. The third kappa shape index (κ3) is 3.03. The predicted molar refractivity (Wildman–Crippen MR) is 92.1 cm³/mol. The Morgan fingerprint density at radius 1 is 1.38 bits per heavy atom. The summed E-state index contributed by atoms with van der Waals surface area (Å²) in [5, 5.41) is 10.9. The van der Waals surface area contributed by atoms with Crippen LogP contribution in [0.25, 0.3) is 11.0 Å². The summed E-state index contributed by atoms with van der Waals surface area (Å²) in [5.74, 6) is 0.0612. The van der Waals surface area contributed by atoms with Crippen molar-refractivity contribution >= 4 is 16.9 Å². The number of ether oxygens (including phenoxy) is 1. The molecule has 0 fully saturated rings. The van der Waals surface area contributed by atoms with Crippen LogP contribution in [0.4, 0.5) is 4.39 Å². The highest BCUT2D eigenvalue weighted by molar-refractivity contribution is 5.92. The molecule has 0 saturated heterocycles. The molecule has 2 aromatic heterocycles. The minimum absolute atomic E-state index is 0.269. The fourth-order valence-corrected chi connectivity index (χ4v) is 3.08. The van der Waals surface area contributed by atoms with Gasteiger partial charge < -0.3 is 14.6 Å². The zero-order valence-electron chi connectivity index (χ0n) is 14.3. The molecule has 0 atom stereocenters. The number of nitrogens with one attached hydrogen (secondary N) is 1. The highest BCUT2D eigenvalue weighted by atomic mass is 19.1. The second-order valence-corrected chi connectivity index (χ2v) is 6.20. The van der Waals surface area contributed by atoms with Gasteiger partial charge in [-0.3, -0.25) is 4.79 Å². The van der Waals surface area contributed by atoms with Gasteiger partial charge >= 0.3 is 0 Å². The summed E-state index contributed by atoms with van der Waals surface area (Å²) in [6, 6.07) is 6.59. The lowest BCUT2D eigenvalue weighted by Crippen LogP contribution is -2.28. The van der Waals surface area contributed by atoms with Crippen LogP contribution < -0.4 is 5.32 Å². The number of carbonyl (C=O) groups is 1. The number of nitrogens with zero attached hydrogens (tertiary/aromatic N) is 4. The molecule has 1 N–H and O–H groups in total. The quantitative estimate of drug-likeness (QED) is 0.768. The number of amides is 1. The predicted octanol–water partition coefficient (Wildman–Crippen LogP) is 1.55. The van der Waals surface area contributed by atoms with Gasteiger partial charge in [-0.2, -0.15) is 5.10 Å². The van der Waals surface area contributed by atoms with Crippen LogP contribution in [0.2, 0.25) is 0 Å². The zero-order chi connectivity index (χ0) is 18.1. The van der Waals surface area contributed by atoms with Crippen molar-refractivity contribution in [1.82, 2.24) is 25.1 Å².